The van der Waals surface area contributed by atoms with Crippen LogP contribution in [0.2, 0.25) is 0 Å². The van der Waals surface area contributed by atoms with E-state index < -0.39 is 0 Å². The number of rotatable bonds is 8. The maximum atomic E-state index is 12.3. The first-order valence-corrected chi connectivity index (χ1v) is 10.5. The number of hydrogen-bond donors (Lipinski definition) is 1. The summed E-state index contributed by atoms with van der Waals surface area (Å²) in [6.07, 6.45) is 1.75. The van der Waals surface area contributed by atoms with Gasteiger partial charge in [-0.3, -0.25) is 4.79 Å². The van der Waals surface area contributed by atoms with Crippen LogP contribution >= 0.6 is 11.8 Å². The lowest BCUT2D eigenvalue weighted by Crippen LogP contribution is -2.25. The molecule has 0 aliphatic rings. The molecule has 8 heteroatoms. The largest absolute Gasteiger partial charge is 0.363 e. The zero-order chi connectivity index (χ0) is 20.8. The fourth-order valence-corrected chi connectivity index (χ4v) is 3.73. The van der Waals surface area contributed by atoms with Gasteiger partial charge in [-0.25, -0.2) is 4.98 Å². The highest BCUT2D eigenvalue weighted by Crippen LogP contribution is 2.26. The third kappa shape index (κ3) is 5.14. The molecule has 7 nitrogen and oxygen atoms in total. The van der Waals surface area contributed by atoms with Crippen molar-refractivity contribution in [2.75, 3.05) is 24.7 Å². The number of nitrogens with zero attached hydrogens (tertiary/aromatic N) is 5. The number of carbonyl (C=O) groups is 1. The summed E-state index contributed by atoms with van der Waals surface area (Å²) < 4.78 is 2.05. The first kappa shape index (κ1) is 20.9. The fourth-order valence-electron chi connectivity index (χ4n) is 2.90. The molecule has 0 spiro atoms. The van der Waals surface area contributed by atoms with Crippen molar-refractivity contribution in [3.8, 4) is 11.4 Å². The minimum atomic E-state index is -0.0405. The van der Waals surface area contributed by atoms with Crippen molar-refractivity contribution >= 4 is 23.5 Å². The summed E-state index contributed by atoms with van der Waals surface area (Å²) in [6.45, 7) is 5.33. The maximum Gasteiger partial charge on any atom is 0.230 e. The molecule has 0 atom stereocenters. The van der Waals surface area contributed by atoms with Crippen LogP contribution < -0.4 is 10.2 Å². The quantitative estimate of drug-likeness (QED) is 0.575. The molecule has 2 heterocycles. The molecule has 0 bridgehead atoms. The van der Waals surface area contributed by atoms with Crippen LogP contribution in [-0.2, 0) is 17.9 Å². The van der Waals surface area contributed by atoms with E-state index in [1.165, 1.54) is 11.8 Å². The second kappa shape index (κ2) is 9.56. The molecule has 3 rings (SSSR count). The highest BCUT2D eigenvalue weighted by molar-refractivity contribution is 7.99. The van der Waals surface area contributed by atoms with Gasteiger partial charge in [-0.15, -0.1) is 10.2 Å². The number of benzene rings is 1. The lowest BCUT2D eigenvalue weighted by molar-refractivity contribution is -0.118. The van der Waals surface area contributed by atoms with Crippen LogP contribution in [0, 0.1) is 6.92 Å². The van der Waals surface area contributed by atoms with Gasteiger partial charge < -0.3 is 14.8 Å². The molecular weight excluding hydrogens is 384 g/mol. The van der Waals surface area contributed by atoms with Gasteiger partial charge in [-0.2, -0.15) is 0 Å². The van der Waals surface area contributed by atoms with Gasteiger partial charge in [-0.05, 0) is 37.1 Å². The Hall–Kier alpha value is -2.87. The number of amides is 1. The van der Waals surface area contributed by atoms with Crippen LogP contribution in [0.4, 0.5) is 5.82 Å². The number of aromatic nitrogens is 4. The second-order valence-electron chi connectivity index (χ2n) is 6.85. The van der Waals surface area contributed by atoms with E-state index >= 15 is 0 Å². The fraction of sp³-hybridized carbons (Fsp3) is 0.333. The van der Waals surface area contributed by atoms with E-state index in [4.69, 9.17) is 0 Å². The minimum absolute atomic E-state index is 0.0405. The van der Waals surface area contributed by atoms with Gasteiger partial charge in [0.25, 0.3) is 0 Å². The smallest absolute Gasteiger partial charge is 0.230 e. The topological polar surface area (TPSA) is 75.9 Å². The standard InChI is InChI=1S/C21H26N6OS/c1-5-27-20(17-9-7-6-8-15(17)2)24-25-21(27)29-14-19(28)23-13-16-10-11-22-18(12-16)26(3)4/h6-12H,5,13-14H2,1-4H3,(H,23,28). The number of aryl methyl sites for hydroxylation is 1. The van der Waals surface area contributed by atoms with E-state index in [-0.39, 0.29) is 11.7 Å². The zero-order valence-electron chi connectivity index (χ0n) is 17.2. The Balaban J connectivity index is 1.61. The third-order valence-electron chi connectivity index (χ3n) is 4.51. The van der Waals surface area contributed by atoms with E-state index in [2.05, 4.69) is 40.4 Å². The van der Waals surface area contributed by atoms with Crippen molar-refractivity contribution in [3.63, 3.8) is 0 Å². The Morgan fingerprint density at radius 3 is 2.72 bits per heavy atom. The Bertz CT molecular complexity index is 985. The van der Waals surface area contributed by atoms with Gasteiger partial charge in [0, 0.05) is 38.9 Å². The van der Waals surface area contributed by atoms with Crippen LogP contribution in [0.1, 0.15) is 18.1 Å². The number of nitrogens with one attached hydrogen (secondary N) is 1. The molecule has 0 radical (unpaired) electrons. The van der Waals surface area contributed by atoms with Crippen molar-refractivity contribution in [1.29, 1.82) is 0 Å². The van der Waals surface area contributed by atoms with E-state index in [1.54, 1.807) is 6.20 Å². The lowest BCUT2D eigenvalue weighted by atomic mass is 10.1. The molecule has 29 heavy (non-hydrogen) atoms. The van der Waals surface area contributed by atoms with Gasteiger partial charge in [0.2, 0.25) is 5.91 Å². The number of thioether (sulfide) groups is 1. The Morgan fingerprint density at radius 1 is 1.21 bits per heavy atom. The van der Waals surface area contributed by atoms with Gasteiger partial charge >= 0.3 is 0 Å². The highest BCUT2D eigenvalue weighted by atomic mass is 32.2. The van der Waals surface area contributed by atoms with Gasteiger partial charge in [0.15, 0.2) is 11.0 Å². The summed E-state index contributed by atoms with van der Waals surface area (Å²) in [6, 6.07) is 12.0. The SMILES string of the molecule is CCn1c(SCC(=O)NCc2ccnc(N(C)C)c2)nnc1-c1ccccc1C. The molecule has 1 amide bonds. The molecule has 1 N–H and O–H groups in total. The summed E-state index contributed by atoms with van der Waals surface area (Å²) >= 11 is 1.40. The molecule has 0 saturated heterocycles. The highest BCUT2D eigenvalue weighted by Gasteiger charge is 2.15. The number of carbonyl (C=O) groups excluding carboxylic acids is 1. The van der Waals surface area contributed by atoms with E-state index in [9.17, 15) is 4.79 Å². The van der Waals surface area contributed by atoms with Crippen LogP contribution in [0.15, 0.2) is 47.8 Å². The van der Waals surface area contributed by atoms with E-state index in [1.807, 2.05) is 53.9 Å². The van der Waals surface area contributed by atoms with Gasteiger partial charge in [0.1, 0.15) is 5.82 Å². The zero-order valence-corrected chi connectivity index (χ0v) is 18.0. The Labute approximate surface area is 175 Å². The maximum absolute atomic E-state index is 12.3. The summed E-state index contributed by atoms with van der Waals surface area (Å²) in [5.41, 5.74) is 3.23. The Morgan fingerprint density at radius 2 is 2.00 bits per heavy atom. The monoisotopic (exact) mass is 410 g/mol. The first-order valence-electron chi connectivity index (χ1n) is 9.50. The van der Waals surface area contributed by atoms with Crippen molar-refractivity contribution in [2.24, 2.45) is 0 Å². The molecule has 2 aromatic heterocycles. The average Bonchev–Trinajstić information content (AvgIpc) is 3.14. The van der Waals surface area contributed by atoms with Crippen LogP contribution in [-0.4, -0.2) is 45.5 Å². The van der Waals surface area contributed by atoms with E-state index in [0.717, 1.165) is 40.0 Å². The van der Waals surface area contributed by atoms with Gasteiger partial charge in [-0.1, -0.05) is 36.0 Å². The predicted octanol–water partition coefficient (Wildman–Crippen LogP) is 3.14. The second-order valence-corrected chi connectivity index (χ2v) is 7.79. The van der Waals surface area contributed by atoms with Crippen LogP contribution in [0.25, 0.3) is 11.4 Å². The third-order valence-corrected chi connectivity index (χ3v) is 5.48. The minimum Gasteiger partial charge on any atom is -0.363 e. The average molecular weight is 411 g/mol. The number of hydrogen-bond acceptors (Lipinski definition) is 6. The van der Waals surface area contributed by atoms with Crippen LogP contribution in [0.3, 0.4) is 0 Å². The molecule has 0 aliphatic heterocycles. The number of anilines is 1. The van der Waals surface area contributed by atoms with E-state index in [0.29, 0.717) is 6.54 Å². The number of pyridine rings is 1. The predicted molar refractivity (Wildman–Crippen MR) is 117 cm³/mol. The molecule has 0 unspecified atom stereocenters. The normalized spacial score (nSPS) is 10.8. The molecule has 0 fully saturated rings. The molecular formula is C21H26N6OS. The summed E-state index contributed by atoms with van der Waals surface area (Å²) in [4.78, 5) is 18.5. The summed E-state index contributed by atoms with van der Waals surface area (Å²) in [7, 11) is 3.88. The molecule has 3 aromatic rings. The summed E-state index contributed by atoms with van der Waals surface area (Å²) in [5, 5.41) is 12.4. The molecule has 0 aliphatic carbocycles. The molecule has 0 saturated carbocycles. The van der Waals surface area contributed by atoms with Crippen LogP contribution in [0.5, 0.6) is 0 Å². The van der Waals surface area contributed by atoms with Crippen molar-refractivity contribution in [2.45, 2.75) is 32.1 Å². The van der Waals surface area contributed by atoms with Crippen molar-refractivity contribution in [3.05, 3.63) is 53.7 Å². The lowest BCUT2D eigenvalue weighted by Gasteiger charge is -2.12. The van der Waals surface area contributed by atoms with Crippen molar-refractivity contribution in [1.82, 2.24) is 25.1 Å². The summed E-state index contributed by atoms with van der Waals surface area (Å²) in [5.74, 6) is 1.95. The molecule has 152 valence electrons. The van der Waals surface area contributed by atoms with Gasteiger partial charge in [0.05, 0.1) is 5.75 Å². The van der Waals surface area contributed by atoms with Crippen molar-refractivity contribution < 1.29 is 4.79 Å². The Kier molecular flexibility index (Phi) is 6.87. The first-order chi connectivity index (χ1) is 14.0. The molecule has 1 aromatic carbocycles.